The predicted molar refractivity (Wildman–Crippen MR) is 51.8 cm³/mol. The van der Waals surface area contributed by atoms with E-state index in [9.17, 15) is 0 Å². The fraction of sp³-hybridized carbons (Fsp3) is 0.273. The second-order valence-electron chi connectivity index (χ2n) is 3.02. The molecule has 1 heteroatoms. The summed E-state index contributed by atoms with van der Waals surface area (Å²) in [6.07, 6.45) is 0.335. The van der Waals surface area contributed by atoms with Crippen molar-refractivity contribution in [3.8, 4) is 0 Å². The highest BCUT2D eigenvalue weighted by molar-refractivity contribution is 5.63. The van der Waals surface area contributed by atoms with Crippen molar-refractivity contribution in [1.82, 2.24) is 0 Å². The summed E-state index contributed by atoms with van der Waals surface area (Å²) in [5, 5.41) is 9.12. The van der Waals surface area contributed by atoms with E-state index in [2.05, 4.69) is 6.58 Å². The van der Waals surface area contributed by atoms with Gasteiger partial charge < -0.3 is 5.11 Å². The van der Waals surface area contributed by atoms with E-state index in [0.29, 0.717) is 6.42 Å². The molecule has 0 heterocycles. The molecule has 0 spiro atoms. The van der Waals surface area contributed by atoms with Crippen molar-refractivity contribution in [2.75, 3.05) is 0 Å². The third-order valence-electron chi connectivity index (χ3n) is 1.72. The number of hydrogen-bond acceptors (Lipinski definition) is 1. The summed E-state index contributed by atoms with van der Waals surface area (Å²) in [5.74, 6) is 0. The van der Waals surface area contributed by atoms with Crippen LogP contribution in [0.15, 0.2) is 36.9 Å². The van der Waals surface area contributed by atoms with E-state index >= 15 is 0 Å². The molecule has 0 saturated carbocycles. The molecule has 12 heavy (non-hydrogen) atoms. The van der Waals surface area contributed by atoms with Gasteiger partial charge >= 0.3 is 0 Å². The third kappa shape index (κ3) is 2.51. The van der Waals surface area contributed by atoms with Crippen molar-refractivity contribution in [2.24, 2.45) is 0 Å². The first-order valence-corrected chi connectivity index (χ1v) is 4.11. The molecule has 1 aromatic carbocycles. The summed E-state index contributed by atoms with van der Waals surface area (Å²) in [4.78, 5) is 0. The molecule has 1 nitrogen and oxygen atoms in total. The highest BCUT2D eigenvalue weighted by atomic mass is 16.3. The van der Waals surface area contributed by atoms with E-state index < -0.39 is 0 Å². The molecule has 0 amide bonds. The Kier molecular flexibility index (Phi) is 3.06. The van der Waals surface area contributed by atoms with E-state index in [0.717, 1.165) is 11.1 Å². The van der Waals surface area contributed by atoms with E-state index in [1.807, 2.05) is 30.3 Å². The van der Waals surface area contributed by atoms with Crippen molar-refractivity contribution in [1.29, 1.82) is 0 Å². The van der Waals surface area contributed by atoms with Crippen LogP contribution in [0.4, 0.5) is 0 Å². The van der Waals surface area contributed by atoms with Crippen molar-refractivity contribution in [3.63, 3.8) is 0 Å². The first kappa shape index (κ1) is 9.01. The highest BCUT2D eigenvalue weighted by Gasteiger charge is 2.01. The van der Waals surface area contributed by atoms with Gasteiger partial charge in [0.25, 0.3) is 0 Å². The Labute approximate surface area is 73.4 Å². The van der Waals surface area contributed by atoms with Crippen LogP contribution < -0.4 is 0 Å². The molecule has 0 aliphatic carbocycles. The summed E-state index contributed by atoms with van der Waals surface area (Å²) in [5.41, 5.74) is 2.10. The van der Waals surface area contributed by atoms with Crippen LogP contribution in [-0.4, -0.2) is 11.2 Å². The fourth-order valence-electron chi connectivity index (χ4n) is 1.15. The van der Waals surface area contributed by atoms with Gasteiger partial charge in [-0.1, -0.05) is 36.9 Å². The van der Waals surface area contributed by atoms with E-state index in [-0.39, 0.29) is 6.10 Å². The van der Waals surface area contributed by atoms with Gasteiger partial charge in [-0.2, -0.15) is 0 Å². The number of aliphatic hydroxyl groups excluding tert-OH is 1. The van der Waals surface area contributed by atoms with Gasteiger partial charge in [0.2, 0.25) is 0 Å². The molecule has 0 fully saturated rings. The Morgan fingerprint density at radius 2 is 2.00 bits per heavy atom. The van der Waals surface area contributed by atoms with Gasteiger partial charge in [0.15, 0.2) is 0 Å². The maximum Gasteiger partial charge on any atom is 0.0552 e. The molecule has 1 N–H and O–H groups in total. The Morgan fingerprint density at radius 1 is 1.42 bits per heavy atom. The summed E-state index contributed by atoms with van der Waals surface area (Å²) < 4.78 is 0. The van der Waals surface area contributed by atoms with Crippen molar-refractivity contribution < 1.29 is 5.11 Å². The molecule has 0 saturated heterocycles. The van der Waals surface area contributed by atoms with Gasteiger partial charge in [0.1, 0.15) is 0 Å². The molecule has 1 aromatic rings. The van der Waals surface area contributed by atoms with Gasteiger partial charge in [0, 0.05) is 0 Å². The van der Waals surface area contributed by atoms with Crippen LogP contribution in [0.25, 0.3) is 5.57 Å². The predicted octanol–water partition coefficient (Wildman–Crippen LogP) is 2.47. The zero-order valence-electron chi connectivity index (χ0n) is 7.33. The summed E-state index contributed by atoms with van der Waals surface area (Å²) >= 11 is 0. The molecule has 1 unspecified atom stereocenters. The average molecular weight is 162 g/mol. The number of aliphatic hydroxyl groups is 1. The minimum Gasteiger partial charge on any atom is -0.393 e. The summed E-state index contributed by atoms with van der Waals surface area (Å²) in [7, 11) is 0. The second-order valence-corrected chi connectivity index (χ2v) is 3.02. The van der Waals surface area contributed by atoms with Crippen LogP contribution in [0.3, 0.4) is 0 Å². The van der Waals surface area contributed by atoms with Crippen LogP contribution in [0.5, 0.6) is 0 Å². The number of rotatable bonds is 3. The molecule has 0 bridgehead atoms. The molecule has 0 aliphatic rings. The lowest BCUT2D eigenvalue weighted by Crippen LogP contribution is -1.99. The van der Waals surface area contributed by atoms with Gasteiger partial charge in [-0.25, -0.2) is 0 Å². The monoisotopic (exact) mass is 162 g/mol. The van der Waals surface area contributed by atoms with Gasteiger partial charge in [-0.15, -0.1) is 0 Å². The molecular weight excluding hydrogens is 148 g/mol. The Bertz CT molecular complexity index is 249. The van der Waals surface area contributed by atoms with Crippen LogP contribution in [0, 0.1) is 0 Å². The lowest BCUT2D eigenvalue weighted by molar-refractivity contribution is 0.201. The summed E-state index contributed by atoms with van der Waals surface area (Å²) in [6.45, 7) is 5.68. The van der Waals surface area contributed by atoms with E-state index in [1.54, 1.807) is 6.92 Å². The minimum atomic E-state index is -0.308. The lowest BCUT2D eigenvalue weighted by Gasteiger charge is -2.07. The van der Waals surface area contributed by atoms with Crippen LogP contribution in [0.1, 0.15) is 18.9 Å². The molecule has 0 aromatic heterocycles. The molecule has 0 aliphatic heterocycles. The topological polar surface area (TPSA) is 20.2 Å². The molecule has 64 valence electrons. The first-order valence-electron chi connectivity index (χ1n) is 4.11. The van der Waals surface area contributed by atoms with Gasteiger partial charge in [-0.3, -0.25) is 0 Å². The van der Waals surface area contributed by atoms with E-state index in [4.69, 9.17) is 5.11 Å². The molecule has 0 radical (unpaired) electrons. The molecule has 1 atom stereocenters. The maximum atomic E-state index is 9.12. The number of hydrogen-bond donors (Lipinski definition) is 1. The van der Waals surface area contributed by atoms with Crippen LogP contribution in [-0.2, 0) is 0 Å². The Balaban J connectivity index is 2.66. The van der Waals surface area contributed by atoms with Gasteiger partial charge in [0.05, 0.1) is 6.10 Å². The summed E-state index contributed by atoms with van der Waals surface area (Å²) in [6, 6.07) is 9.93. The highest BCUT2D eigenvalue weighted by Crippen LogP contribution is 2.16. The molecule has 1 rings (SSSR count). The van der Waals surface area contributed by atoms with Crippen molar-refractivity contribution in [2.45, 2.75) is 19.4 Å². The Hall–Kier alpha value is -1.08. The maximum absolute atomic E-state index is 9.12. The van der Waals surface area contributed by atoms with E-state index in [1.165, 1.54) is 0 Å². The minimum absolute atomic E-state index is 0.308. The smallest absolute Gasteiger partial charge is 0.0552 e. The first-order chi connectivity index (χ1) is 5.70. The average Bonchev–Trinajstić information content (AvgIpc) is 2.05. The third-order valence-corrected chi connectivity index (χ3v) is 1.72. The number of benzene rings is 1. The van der Waals surface area contributed by atoms with Gasteiger partial charge in [-0.05, 0) is 24.5 Å². The largest absolute Gasteiger partial charge is 0.393 e. The normalized spacial score (nSPS) is 12.5. The fourth-order valence-corrected chi connectivity index (χ4v) is 1.15. The second kappa shape index (κ2) is 4.07. The standard InChI is InChI=1S/C11H14O/c1-9(8-10(2)12)11-6-4-3-5-7-11/h3-7,10,12H,1,8H2,2H3. The van der Waals surface area contributed by atoms with Crippen molar-refractivity contribution >= 4 is 5.57 Å². The lowest BCUT2D eigenvalue weighted by atomic mass is 10.0. The quantitative estimate of drug-likeness (QED) is 0.724. The molecular formula is C11H14O. The SMILES string of the molecule is C=C(CC(C)O)c1ccccc1. The zero-order chi connectivity index (χ0) is 8.97. The Morgan fingerprint density at radius 3 is 2.50 bits per heavy atom. The van der Waals surface area contributed by atoms with Crippen LogP contribution in [0.2, 0.25) is 0 Å². The zero-order valence-corrected chi connectivity index (χ0v) is 7.33. The van der Waals surface area contributed by atoms with Crippen molar-refractivity contribution in [3.05, 3.63) is 42.5 Å². The van der Waals surface area contributed by atoms with Crippen LogP contribution >= 0.6 is 0 Å².